The van der Waals surface area contributed by atoms with Crippen molar-refractivity contribution >= 4 is 49.9 Å². The Morgan fingerprint density at radius 3 is 2.60 bits per heavy atom. The van der Waals surface area contributed by atoms with Crippen LogP contribution >= 0.6 is 39.0 Å². The number of carbonyl (C=O) groups excluding carboxylic acids is 1. The van der Waals surface area contributed by atoms with Crippen LogP contribution in [0.2, 0.25) is 0 Å². The van der Waals surface area contributed by atoms with Gasteiger partial charge in [-0.3, -0.25) is 4.79 Å². The molecule has 4 nitrogen and oxygen atoms in total. The number of nitrogens with zero attached hydrogens (tertiary/aromatic N) is 2. The van der Waals surface area contributed by atoms with Crippen LogP contribution in [0.1, 0.15) is 22.8 Å². The van der Waals surface area contributed by atoms with Gasteiger partial charge >= 0.3 is 0 Å². The molecule has 25 heavy (non-hydrogen) atoms. The molecule has 0 saturated heterocycles. The second-order valence-electron chi connectivity index (χ2n) is 5.34. The lowest BCUT2D eigenvalue weighted by atomic mass is 10.1. The molecule has 3 aromatic rings. The number of Topliss-reactive ketones (excluding diaryl/α,β-unsaturated/α-hetero) is 1. The van der Waals surface area contributed by atoms with Crippen LogP contribution in [-0.2, 0) is 6.54 Å². The van der Waals surface area contributed by atoms with E-state index in [-0.39, 0.29) is 11.0 Å². The third kappa shape index (κ3) is 5.14. The maximum absolute atomic E-state index is 12.5. The molecule has 0 aliphatic carbocycles. The quantitative estimate of drug-likeness (QED) is 0.405. The van der Waals surface area contributed by atoms with Gasteiger partial charge in [0.25, 0.3) is 0 Å². The minimum Gasteiger partial charge on any atom is -0.356 e. The largest absolute Gasteiger partial charge is 0.356 e. The molecule has 2 aromatic carbocycles. The number of halogens is 1. The summed E-state index contributed by atoms with van der Waals surface area (Å²) in [5, 5.41) is 12.1. The van der Waals surface area contributed by atoms with E-state index in [1.54, 1.807) is 0 Å². The first-order valence-electron chi connectivity index (χ1n) is 7.69. The van der Waals surface area contributed by atoms with Gasteiger partial charge in [-0.25, -0.2) is 0 Å². The summed E-state index contributed by atoms with van der Waals surface area (Å²) in [6.45, 7) is 2.60. The molecule has 0 saturated carbocycles. The number of carbonyl (C=O) groups is 1. The summed E-state index contributed by atoms with van der Waals surface area (Å²) < 4.78 is 1.75. The van der Waals surface area contributed by atoms with Crippen LogP contribution in [0.25, 0.3) is 0 Å². The Labute approximate surface area is 163 Å². The van der Waals surface area contributed by atoms with Crippen molar-refractivity contribution in [1.29, 1.82) is 0 Å². The first-order chi connectivity index (χ1) is 12.1. The van der Waals surface area contributed by atoms with Crippen LogP contribution in [0.5, 0.6) is 0 Å². The van der Waals surface area contributed by atoms with Crippen LogP contribution in [0.3, 0.4) is 0 Å². The van der Waals surface area contributed by atoms with E-state index < -0.39 is 0 Å². The summed E-state index contributed by atoms with van der Waals surface area (Å²) in [7, 11) is 0. The molecule has 1 atom stereocenters. The fraction of sp³-hybridized carbons (Fsp3) is 0.167. The van der Waals surface area contributed by atoms with Crippen molar-refractivity contribution in [2.24, 2.45) is 0 Å². The minimum atomic E-state index is -0.212. The van der Waals surface area contributed by atoms with Gasteiger partial charge in [0.1, 0.15) is 0 Å². The molecule has 0 spiro atoms. The fourth-order valence-corrected chi connectivity index (χ4v) is 4.39. The zero-order chi connectivity index (χ0) is 17.6. The van der Waals surface area contributed by atoms with Gasteiger partial charge in [-0.1, -0.05) is 81.5 Å². The van der Waals surface area contributed by atoms with E-state index in [0.717, 1.165) is 13.9 Å². The summed E-state index contributed by atoms with van der Waals surface area (Å²) in [6, 6.07) is 17.5. The van der Waals surface area contributed by atoms with E-state index in [1.165, 1.54) is 28.7 Å². The smallest absolute Gasteiger partial charge is 0.206 e. The highest BCUT2D eigenvalue weighted by atomic mass is 79.9. The van der Waals surface area contributed by atoms with Crippen molar-refractivity contribution in [3.05, 3.63) is 70.2 Å². The number of anilines is 1. The molecule has 3 rings (SSSR count). The average Bonchev–Trinajstić information content (AvgIpc) is 3.08. The zero-order valence-electron chi connectivity index (χ0n) is 13.5. The van der Waals surface area contributed by atoms with Gasteiger partial charge in [0, 0.05) is 16.6 Å². The number of rotatable bonds is 7. The Morgan fingerprint density at radius 2 is 1.88 bits per heavy atom. The number of benzene rings is 2. The second-order valence-corrected chi connectivity index (χ2v) is 8.82. The molecule has 1 unspecified atom stereocenters. The highest BCUT2D eigenvalue weighted by molar-refractivity contribution is 9.10. The lowest BCUT2D eigenvalue weighted by Gasteiger charge is -2.07. The molecule has 0 bridgehead atoms. The highest BCUT2D eigenvalue weighted by Gasteiger charge is 2.18. The van der Waals surface area contributed by atoms with E-state index in [1.807, 2.05) is 49.4 Å². The molecular weight excluding hydrogens is 418 g/mol. The Balaban J connectivity index is 1.57. The highest BCUT2D eigenvalue weighted by Crippen LogP contribution is 2.30. The van der Waals surface area contributed by atoms with E-state index in [4.69, 9.17) is 0 Å². The van der Waals surface area contributed by atoms with Gasteiger partial charge in [0.2, 0.25) is 5.13 Å². The SMILES string of the molecule is CC(Sc1nnc(NCc2ccccc2)s1)C(=O)c1ccc(Br)cc1. The van der Waals surface area contributed by atoms with Gasteiger partial charge in [-0.15, -0.1) is 10.2 Å². The predicted molar refractivity (Wildman–Crippen MR) is 107 cm³/mol. The summed E-state index contributed by atoms with van der Waals surface area (Å²) in [6.07, 6.45) is 0. The van der Waals surface area contributed by atoms with Gasteiger partial charge in [0.15, 0.2) is 10.1 Å². The molecule has 0 radical (unpaired) electrons. The number of hydrogen-bond acceptors (Lipinski definition) is 6. The third-order valence-electron chi connectivity index (χ3n) is 3.47. The maximum Gasteiger partial charge on any atom is 0.206 e. The molecule has 0 aliphatic rings. The van der Waals surface area contributed by atoms with Crippen molar-refractivity contribution in [1.82, 2.24) is 10.2 Å². The number of aromatic nitrogens is 2. The van der Waals surface area contributed by atoms with Crippen LogP contribution in [-0.4, -0.2) is 21.2 Å². The molecule has 0 amide bonds. The van der Waals surface area contributed by atoms with E-state index in [9.17, 15) is 4.79 Å². The number of thioether (sulfide) groups is 1. The summed E-state index contributed by atoms with van der Waals surface area (Å²) in [5.41, 5.74) is 1.89. The molecular formula is C18H16BrN3OS2. The number of nitrogens with one attached hydrogen (secondary N) is 1. The number of ketones is 1. The van der Waals surface area contributed by atoms with Crippen molar-refractivity contribution < 1.29 is 4.79 Å². The summed E-state index contributed by atoms with van der Waals surface area (Å²) >= 11 is 6.28. The monoisotopic (exact) mass is 433 g/mol. The molecule has 1 aromatic heterocycles. The molecule has 1 N–H and O–H groups in total. The van der Waals surface area contributed by atoms with Crippen LogP contribution in [0.4, 0.5) is 5.13 Å². The standard InChI is InChI=1S/C18H16BrN3OS2/c1-12(16(23)14-7-9-15(19)10-8-14)24-18-22-21-17(25-18)20-11-13-5-3-2-4-6-13/h2-10,12H,11H2,1H3,(H,20,21). The first kappa shape index (κ1) is 18.1. The summed E-state index contributed by atoms with van der Waals surface area (Å²) in [5.74, 6) is 0.0893. The molecule has 1 heterocycles. The topological polar surface area (TPSA) is 54.9 Å². The molecule has 0 fully saturated rings. The van der Waals surface area contributed by atoms with Crippen molar-refractivity contribution in [2.75, 3.05) is 5.32 Å². The van der Waals surface area contributed by atoms with E-state index >= 15 is 0 Å². The van der Waals surface area contributed by atoms with Crippen molar-refractivity contribution in [3.63, 3.8) is 0 Å². The third-order valence-corrected chi connectivity index (χ3v) is 6.06. The minimum absolute atomic E-state index is 0.0893. The van der Waals surface area contributed by atoms with Crippen molar-refractivity contribution in [3.8, 4) is 0 Å². The van der Waals surface area contributed by atoms with Crippen LogP contribution < -0.4 is 5.32 Å². The Kier molecular flexibility index (Phi) is 6.23. The lowest BCUT2D eigenvalue weighted by molar-refractivity contribution is 0.0994. The fourth-order valence-electron chi connectivity index (χ4n) is 2.16. The maximum atomic E-state index is 12.5. The average molecular weight is 434 g/mol. The van der Waals surface area contributed by atoms with E-state index in [2.05, 4.69) is 43.6 Å². The molecule has 128 valence electrons. The summed E-state index contributed by atoms with van der Waals surface area (Å²) in [4.78, 5) is 12.5. The van der Waals surface area contributed by atoms with E-state index in [0.29, 0.717) is 12.1 Å². The van der Waals surface area contributed by atoms with Gasteiger partial charge < -0.3 is 5.32 Å². The van der Waals surface area contributed by atoms with Gasteiger partial charge in [-0.05, 0) is 24.6 Å². The van der Waals surface area contributed by atoms with Gasteiger partial charge in [0.05, 0.1) is 5.25 Å². The Hall–Kier alpha value is -1.70. The number of hydrogen-bond donors (Lipinski definition) is 1. The Morgan fingerprint density at radius 1 is 1.16 bits per heavy atom. The second kappa shape index (κ2) is 8.60. The first-order valence-corrected chi connectivity index (χ1v) is 10.2. The zero-order valence-corrected chi connectivity index (χ0v) is 16.7. The Bertz CT molecular complexity index is 837. The predicted octanol–water partition coefficient (Wildman–Crippen LogP) is 5.28. The molecule has 0 aliphatic heterocycles. The normalized spacial score (nSPS) is 11.9. The van der Waals surface area contributed by atoms with Crippen LogP contribution in [0.15, 0.2) is 63.4 Å². The van der Waals surface area contributed by atoms with Gasteiger partial charge in [-0.2, -0.15) is 0 Å². The molecule has 7 heteroatoms. The van der Waals surface area contributed by atoms with Crippen LogP contribution in [0, 0.1) is 0 Å². The van der Waals surface area contributed by atoms with Crippen molar-refractivity contribution in [2.45, 2.75) is 23.1 Å². The lowest BCUT2D eigenvalue weighted by Crippen LogP contribution is -2.13.